The van der Waals surface area contributed by atoms with Crippen molar-refractivity contribution in [3.8, 4) is 5.75 Å². The van der Waals surface area contributed by atoms with Gasteiger partial charge in [-0.15, -0.1) is 0 Å². The van der Waals surface area contributed by atoms with E-state index in [4.69, 9.17) is 4.74 Å². The SMILES string of the molecule is CCOc1c(Br)cc(F)c(F)c1F. The van der Waals surface area contributed by atoms with Gasteiger partial charge in [0.25, 0.3) is 0 Å². The lowest BCUT2D eigenvalue weighted by Crippen LogP contribution is -2.00. The summed E-state index contributed by atoms with van der Waals surface area (Å²) in [5.41, 5.74) is 0. The van der Waals surface area contributed by atoms with Crippen LogP contribution in [-0.4, -0.2) is 6.61 Å². The van der Waals surface area contributed by atoms with Crippen molar-refractivity contribution in [3.63, 3.8) is 0 Å². The minimum atomic E-state index is -1.52. The second-order valence-corrected chi connectivity index (χ2v) is 3.08. The molecule has 5 heteroatoms. The average molecular weight is 255 g/mol. The fourth-order valence-electron chi connectivity index (χ4n) is 0.826. The second-order valence-electron chi connectivity index (χ2n) is 2.23. The smallest absolute Gasteiger partial charge is 0.204 e. The Bertz CT molecular complexity index is 328. The van der Waals surface area contributed by atoms with Gasteiger partial charge in [-0.2, -0.15) is 4.39 Å². The Morgan fingerprint density at radius 3 is 2.46 bits per heavy atom. The van der Waals surface area contributed by atoms with Crippen molar-refractivity contribution in [1.29, 1.82) is 0 Å². The maximum Gasteiger partial charge on any atom is 0.204 e. The Balaban J connectivity index is 3.26. The molecule has 1 rings (SSSR count). The van der Waals surface area contributed by atoms with Crippen LogP contribution in [0.25, 0.3) is 0 Å². The van der Waals surface area contributed by atoms with Gasteiger partial charge in [-0.05, 0) is 28.9 Å². The highest BCUT2D eigenvalue weighted by molar-refractivity contribution is 9.10. The first kappa shape index (κ1) is 10.4. The van der Waals surface area contributed by atoms with E-state index in [9.17, 15) is 13.2 Å². The summed E-state index contributed by atoms with van der Waals surface area (Å²) in [6, 6.07) is 0.823. The molecular formula is C8H6BrF3O. The van der Waals surface area contributed by atoms with E-state index in [2.05, 4.69) is 15.9 Å². The van der Waals surface area contributed by atoms with E-state index in [0.29, 0.717) is 0 Å². The number of halogens is 4. The molecule has 0 fully saturated rings. The van der Waals surface area contributed by atoms with Crippen LogP contribution in [0.2, 0.25) is 0 Å². The van der Waals surface area contributed by atoms with Gasteiger partial charge in [-0.25, -0.2) is 8.78 Å². The van der Waals surface area contributed by atoms with Gasteiger partial charge in [-0.3, -0.25) is 0 Å². The number of ether oxygens (including phenoxy) is 1. The predicted octanol–water partition coefficient (Wildman–Crippen LogP) is 3.27. The van der Waals surface area contributed by atoms with Crippen LogP contribution in [0.3, 0.4) is 0 Å². The third-order valence-corrected chi connectivity index (χ3v) is 1.95. The van der Waals surface area contributed by atoms with E-state index >= 15 is 0 Å². The highest BCUT2D eigenvalue weighted by Gasteiger charge is 2.18. The van der Waals surface area contributed by atoms with Gasteiger partial charge in [0.15, 0.2) is 17.4 Å². The van der Waals surface area contributed by atoms with Gasteiger partial charge in [0, 0.05) is 0 Å². The molecule has 0 heterocycles. The van der Waals surface area contributed by atoms with Crippen molar-refractivity contribution < 1.29 is 17.9 Å². The molecule has 0 aromatic heterocycles. The summed E-state index contributed by atoms with van der Waals surface area (Å²) in [6.07, 6.45) is 0. The molecule has 13 heavy (non-hydrogen) atoms. The van der Waals surface area contributed by atoms with E-state index in [0.717, 1.165) is 6.07 Å². The number of rotatable bonds is 2. The lowest BCUT2D eigenvalue weighted by atomic mass is 10.3. The second kappa shape index (κ2) is 4.00. The molecule has 72 valence electrons. The van der Waals surface area contributed by atoms with Crippen molar-refractivity contribution in [2.45, 2.75) is 6.92 Å². The summed E-state index contributed by atoms with van der Waals surface area (Å²) in [7, 11) is 0. The molecule has 0 N–H and O–H groups in total. The first-order valence-corrected chi connectivity index (χ1v) is 4.33. The lowest BCUT2D eigenvalue weighted by Gasteiger charge is -2.07. The summed E-state index contributed by atoms with van der Waals surface area (Å²) < 4.78 is 43.0. The van der Waals surface area contributed by atoms with Crippen LogP contribution in [0.5, 0.6) is 5.75 Å². The molecule has 0 saturated carbocycles. The van der Waals surface area contributed by atoms with E-state index in [1.165, 1.54) is 0 Å². The van der Waals surface area contributed by atoms with Gasteiger partial charge in [-0.1, -0.05) is 0 Å². The summed E-state index contributed by atoms with van der Waals surface area (Å²) in [5.74, 6) is -4.38. The van der Waals surface area contributed by atoms with Crippen LogP contribution in [-0.2, 0) is 0 Å². The zero-order valence-electron chi connectivity index (χ0n) is 6.70. The zero-order chi connectivity index (χ0) is 10.0. The summed E-state index contributed by atoms with van der Waals surface area (Å²) in [5, 5.41) is 0. The highest BCUT2D eigenvalue weighted by Crippen LogP contribution is 2.31. The minimum absolute atomic E-state index is 0.0609. The van der Waals surface area contributed by atoms with Crippen LogP contribution >= 0.6 is 15.9 Å². The van der Waals surface area contributed by atoms with E-state index in [1.54, 1.807) is 6.92 Å². The van der Waals surface area contributed by atoms with Gasteiger partial charge in [0.1, 0.15) is 0 Å². The van der Waals surface area contributed by atoms with Gasteiger partial charge in [0.05, 0.1) is 11.1 Å². The third-order valence-electron chi connectivity index (χ3n) is 1.36. The van der Waals surface area contributed by atoms with E-state index < -0.39 is 17.5 Å². The van der Waals surface area contributed by atoms with Crippen LogP contribution in [0, 0.1) is 17.5 Å². The molecule has 0 spiro atoms. The summed E-state index contributed by atoms with van der Waals surface area (Å²) in [4.78, 5) is 0. The molecule has 0 amide bonds. The van der Waals surface area contributed by atoms with Gasteiger partial charge >= 0.3 is 0 Å². The van der Waals surface area contributed by atoms with Crippen LogP contribution in [0.15, 0.2) is 10.5 Å². The quantitative estimate of drug-likeness (QED) is 0.582. The minimum Gasteiger partial charge on any atom is -0.489 e. The maximum absolute atomic E-state index is 12.9. The van der Waals surface area contributed by atoms with Crippen molar-refractivity contribution >= 4 is 15.9 Å². The molecule has 1 nitrogen and oxygen atoms in total. The molecule has 0 unspecified atom stereocenters. The molecule has 0 bridgehead atoms. The van der Waals surface area contributed by atoms with Gasteiger partial charge < -0.3 is 4.74 Å². The van der Waals surface area contributed by atoms with Crippen LogP contribution < -0.4 is 4.74 Å². The Morgan fingerprint density at radius 2 is 1.92 bits per heavy atom. The monoisotopic (exact) mass is 254 g/mol. The largest absolute Gasteiger partial charge is 0.489 e. The molecule has 1 aromatic rings. The highest BCUT2D eigenvalue weighted by atomic mass is 79.9. The molecule has 0 aliphatic carbocycles. The predicted molar refractivity (Wildman–Crippen MR) is 45.2 cm³/mol. The molecule has 0 radical (unpaired) electrons. The van der Waals surface area contributed by atoms with E-state index in [-0.39, 0.29) is 16.8 Å². The first-order chi connectivity index (χ1) is 6.07. The van der Waals surface area contributed by atoms with Gasteiger partial charge in [0.2, 0.25) is 5.82 Å². The lowest BCUT2D eigenvalue weighted by molar-refractivity contribution is 0.307. The van der Waals surface area contributed by atoms with E-state index in [1.807, 2.05) is 0 Å². The standard InChI is InChI=1S/C8H6BrF3O/c1-2-13-8-4(9)3-5(10)6(11)7(8)12/h3H,2H2,1H3. The Morgan fingerprint density at radius 1 is 1.31 bits per heavy atom. The molecule has 0 saturated heterocycles. The average Bonchev–Trinajstić information content (AvgIpc) is 2.09. The fraction of sp³-hybridized carbons (Fsp3) is 0.250. The van der Waals surface area contributed by atoms with Crippen molar-refractivity contribution in [1.82, 2.24) is 0 Å². The Kier molecular flexibility index (Phi) is 3.19. The Hall–Kier alpha value is -0.710. The van der Waals surface area contributed by atoms with Crippen molar-refractivity contribution in [3.05, 3.63) is 28.0 Å². The first-order valence-electron chi connectivity index (χ1n) is 3.53. The summed E-state index contributed by atoms with van der Waals surface area (Å²) in [6.45, 7) is 1.80. The summed E-state index contributed by atoms with van der Waals surface area (Å²) >= 11 is 2.86. The number of hydrogen-bond donors (Lipinski definition) is 0. The molecular weight excluding hydrogens is 249 g/mol. The molecule has 0 aliphatic rings. The fourth-order valence-corrected chi connectivity index (χ4v) is 1.32. The molecule has 1 aromatic carbocycles. The third kappa shape index (κ3) is 1.96. The van der Waals surface area contributed by atoms with Crippen LogP contribution in [0.4, 0.5) is 13.2 Å². The van der Waals surface area contributed by atoms with Crippen molar-refractivity contribution in [2.75, 3.05) is 6.61 Å². The molecule has 0 atom stereocenters. The Labute approximate surface area is 81.6 Å². The number of benzene rings is 1. The van der Waals surface area contributed by atoms with Crippen molar-refractivity contribution in [2.24, 2.45) is 0 Å². The number of hydrogen-bond acceptors (Lipinski definition) is 1. The van der Waals surface area contributed by atoms with Crippen LogP contribution in [0.1, 0.15) is 6.92 Å². The molecule has 0 aliphatic heterocycles. The normalized spacial score (nSPS) is 10.2. The zero-order valence-corrected chi connectivity index (χ0v) is 8.29. The maximum atomic E-state index is 12.9. The topological polar surface area (TPSA) is 9.23 Å².